The molecule has 0 radical (unpaired) electrons. The Labute approximate surface area is 100 Å². The summed E-state index contributed by atoms with van der Waals surface area (Å²) in [7, 11) is 0. The van der Waals surface area contributed by atoms with Crippen molar-refractivity contribution in [1.29, 1.82) is 0 Å². The molecular formula is C11H7BrClNO. The second-order valence-electron chi connectivity index (χ2n) is 3.55. The molecule has 0 spiro atoms. The molecule has 0 saturated carbocycles. The maximum absolute atomic E-state index is 5.79. The first-order valence-electron chi connectivity index (χ1n) is 4.62. The zero-order chi connectivity index (χ0) is 10.4. The minimum Gasteiger partial charge on any atom is -0.356 e. The third kappa shape index (κ3) is 1.34. The number of hydrogen-bond acceptors (Lipinski definition) is 2. The minimum absolute atomic E-state index is 0.411. The van der Waals surface area contributed by atoms with E-state index in [0.717, 1.165) is 33.5 Å². The summed E-state index contributed by atoms with van der Waals surface area (Å²) in [4.78, 5) is 0. The molecule has 2 aromatic rings. The van der Waals surface area contributed by atoms with Crippen LogP contribution in [-0.2, 0) is 12.3 Å². The van der Waals surface area contributed by atoms with Gasteiger partial charge < -0.3 is 4.52 Å². The summed E-state index contributed by atoms with van der Waals surface area (Å²) in [5.74, 6) is 1.29. The lowest BCUT2D eigenvalue weighted by Crippen LogP contribution is -1.86. The first kappa shape index (κ1) is 9.43. The van der Waals surface area contributed by atoms with Gasteiger partial charge in [-0.05, 0) is 17.7 Å². The van der Waals surface area contributed by atoms with Gasteiger partial charge in [0, 0.05) is 22.0 Å². The molecule has 0 N–H and O–H groups in total. The lowest BCUT2D eigenvalue weighted by atomic mass is 10.1. The molecule has 2 nitrogen and oxygen atoms in total. The Morgan fingerprint density at radius 1 is 1.47 bits per heavy atom. The average Bonchev–Trinajstić information content (AvgIpc) is 2.76. The fourth-order valence-electron chi connectivity index (χ4n) is 1.95. The van der Waals surface area contributed by atoms with Gasteiger partial charge >= 0.3 is 0 Å². The molecule has 4 heteroatoms. The van der Waals surface area contributed by atoms with Crippen LogP contribution in [0.5, 0.6) is 0 Å². The third-order valence-electron chi connectivity index (χ3n) is 2.68. The topological polar surface area (TPSA) is 26.0 Å². The van der Waals surface area contributed by atoms with Crippen LogP contribution in [0.15, 0.2) is 27.2 Å². The van der Waals surface area contributed by atoms with Crippen LogP contribution in [0, 0.1) is 0 Å². The van der Waals surface area contributed by atoms with Crippen LogP contribution < -0.4 is 0 Å². The standard InChI is InChI=1S/C11H7BrClNO/c12-7-2-1-6-3-9-10(5-13)14-15-11(9)8(6)4-7/h1-2,4H,3,5H2. The van der Waals surface area contributed by atoms with Crippen LogP contribution >= 0.6 is 27.5 Å². The summed E-state index contributed by atoms with van der Waals surface area (Å²) in [6, 6.07) is 6.20. The molecule has 1 aromatic heterocycles. The summed E-state index contributed by atoms with van der Waals surface area (Å²) >= 11 is 9.25. The van der Waals surface area contributed by atoms with E-state index < -0.39 is 0 Å². The number of alkyl halides is 1. The van der Waals surface area contributed by atoms with Crippen molar-refractivity contribution in [2.45, 2.75) is 12.3 Å². The molecule has 0 amide bonds. The molecule has 1 aliphatic carbocycles. The lowest BCUT2D eigenvalue weighted by molar-refractivity contribution is 0.426. The Hall–Kier alpha value is -0.800. The molecule has 15 heavy (non-hydrogen) atoms. The highest BCUT2D eigenvalue weighted by Gasteiger charge is 2.26. The number of rotatable bonds is 1. The fraction of sp³-hybridized carbons (Fsp3) is 0.182. The Morgan fingerprint density at radius 2 is 2.33 bits per heavy atom. The summed E-state index contributed by atoms with van der Waals surface area (Å²) in [5.41, 5.74) is 4.40. The number of nitrogens with zero attached hydrogens (tertiary/aromatic N) is 1. The molecule has 1 aromatic carbocycles. The highest BCUT2D eigenvalue weighted by molar-refractivity contribution is 9.10. The van der Waals surface area contributed by atoms with E-state index in [1.165, 1.54) is 5.56 Å². The van der Waals surface area contributed by atoms with Gasteiger partial charge in [-0.15, -0.1) is 11.6 Å². The number of halogens is 2. The number of benzene rings is 1. The van der Waals surface area contributed by atoms with Crippen LogP contribution in [0.2, 0.25) is 0 Å². The van der Waals surface area contributed by atoms with E-state index in [4.69, 9.17) is 16.1 Å². The normalized spacial score (nSPS) is 12.7. The monoisotopic (exact) mass is 283 g/mol. The zero-order valence-electron chi connectivity index (χ0n) is 7.76. The molecule has 0 fully saturated rings. The van der Waals surface area contributed by atoms with Gasteiger partial charge in [0.25, 0.3) is 0 Å². The lowest BCUT2D eigenvalue weighted by Gasteiger charge is -1.98. The molecule has 0 bridgehead atoms. The van der Waals surface area contributed by atoms with E-state index in [1.54, 1.807) is 0 Å². The molecule has 0 aliphatic heterocycles. The van der Waals surface area contributed by atoms with Crippen molar-refractivity contribution in [1.82, 2.24) is 5.16 Å². The van der Waals surface area contributed by atoms with Gasteiger partial charge in [0.2, 0.25) is 0 Å². The van der Waals surface area contributed by atoms with Gasteiger partial charge in [-0.3, -0.25) is 0 Å². The van der Waals surface area contributed by atoms with Gasteiger partial charge in [-0.1, -0.05) is 27.2 Å². The van der Waals surface area contributed by atoms with Crippen LogP contribution in [0.3, 0.4) is 0 Å². The van der Waals surface area contributed by atoms with Gasteiger partial charge in [0.15, 0.2) is 5.76 Å². The molecule has 0 unspecified atom stereocenters. The second-order valence-corrected chi connectivity index (χ2v) is 4.73. The SMILES string of the molecule is ClCc1noc2c1Cc1ccc(Br)cc1-2. The van der Waals surface area contributed by atoms with Crippen molar-refractivity contribution < 1.29 is 4.52 Å². The molecule has 76 valence electrons. The number of fused-ring (bicyclic) bond motifs is 3. The van der Waals surface area contributed by atoms with Gasteiger partial charge in [-0.25, -0.2) is 0 Å². The average molecular weight is 285 g/mol. The highest BCUT2D eigenvalue weighted by Crippen LogP contribution is 2.39. The fourth-order valence-corrected chi connectivity index (χ4v) is 2.52. The van der Waals surface area contributed by atoms with Crippen molar-refractivity contribution in [3.05, 3.63) is 39.5 Å². The van der Waals surface area contributed by atoms with Gasteiger partial charge in [-0.2, -0.15) is 0 Å². The Bertz CT molecular complexity index is 535. The molecule has 1 aliphatic rings. The van der Waals surface area contributed by atoms with E-state index >= 15 is 0 Å². The van der Waals surface area contributed by atoms with Crippen molar-refractivity contribution in [2.24, 2.45) is 0 Å². The molecule has 0 atom stereocenters. The van der Waals surface area contributed by atoms with Crippen molar-refractivity contribution >= 4 is 27.5 Å². The molecule has 1 heterocycles. The number of aromatic nitrogens is 1. The minimum atomic E-state index is 0.411. The van der Waals surface area contributed by atoms with Crippen LogP contribution in [0.4, 0.5) is 0 Å². The third-order valence-corrected chi connectivity index (χ3v) is 3.43. The largest absolute Gasteiger partial charge is 0.356 e. The van der Waals surface area contributed by atoms with Crippen molar-refractivity contribution in [3.63, 3.8) is 0 Å². The van der Waals surface area contributed by atoms with E-state index in [9.17, 15) is 0 Å². The molecular weight excluding hydrogens is 277 g/mol. The molecule has 0 saturated heterocycles. The Kier molecular flexibility index (Phi) is 2.11. The quantitative estimate of drug-likeness (QED) is 0.636. The van der Waals surface area contributed by atoms with Gasteiger partial charge in [0.1, 0.15) is 5.69 Å². The molecule has 3 rings (SSSR count). The van der Waals surface area contributed by atoms with Crippen molar-refractivity contribution in [3.8, 4) is 11.3 Å². The zero-order valence-corrected chi connectivity index (χ0v) is 10.1. The maximum Gasteiger partial charge on any atom is 0.171 e. The second kappa shape index (κ2) is 3.35. The predicted octanol–water partition coefficient (Wildman–Crippen LogP) is 3.75. The van der Waals surface area contributed by atoms with E-state index in [-0.39, 0.29) is 0 Å². The number of hydrogen-bond donors (Lipinski definition) is 0. The van der Waals surface area contributed by atoms with Crippen LogP contribution in [0.1, 0.15) is 16.8 Å². The van der Waals surface area contributed by atoms with Crippen molar-refractivity contribution in [2.75, 3.05) is 0 Å². The van der Waals surface area contributed by atoms with Gasteiger partial charge in [0.05, 0.1) is 5.88 Å². The van der Waals surface area contributed by atoms with Crippen LogP contribution in [-0.4, -0.2) is 5.16 Å². The summed E-state index contributed by atoms with van der Waals surface area (Å²) in [6.45, 7) is 0. The Morgan fingerprint density at radius 3 is 3.13 bits per heavy atom. The predicted molar refractivity (Wildman–Crippen MR) is 62.0 cm³/mol. The Balaban J connectivity index is 2.22. The summed E-state index contributed by atoms with van der Waals surface area (Å²) in [6.07, 6.45) is 0.878. The van der Waals surface area contributed by atoms with E-state index in [2.05, 4.69) is 33.2 Å². The first-order valence-corrected chi connectivity index (χ1v) is 5.94. The van der Waals surface area contributed by atoms with E-state index in [1.807, 2.05) is 6.07 Å². The first-order chi connectivity index (χ1) is 7.29. The highest BCUT2D eigenvalue weighted by atomic mass is 79.9. The van der Waals surface area contributed by atoms with Crippen LogP contribution in [0.25, 0.3) is 11.3 Å². The smallest absolute Gasteiger partial charge is 0.171 e. The maximum atomic E-state index is 5.79. The van der Waals surface area contributed by atoms with E-state index in [0.29, 0.717) is 5.88 Å². The summed E-state index contributed by atoms with van der Waals surface area (Å²) < 4.78 is 6.38. The summed E-state index contributed by atoms with van der Waals surface area (Å²) in [5, 5.41) is 3.96.